The fraction of sp³-hybridized carbons (Fsp3) is 0.0690. The highest BCUT2D eigenvalue weighted by Crippen LogP contribution is 2.23. The van der Waals surface area contributed by atoms with Crippen molar-refractivity contribution in [1.29, 1.82) is 0 Å². The van der Waals surface area contributed by atoms with Crippen molar-refractivity contribution in [3.8, 4) is 11.5 Å². The molecule has 0 radical (unpaired) electrons. The van der Waals surface area contributed by atoms with E-state index in [2.05, 4.69) is 26.5 Å². The van der Waals surface area contributed by atoms with Gasteiger partial charge in [-0.05, 0) is 79.2 Å². The highest BCUT2D eigenvalue weighted by Gasteiger charge is 2.12. The number of nitrogens with zero attached hydrogens (tertiary/aromatic N) is 1. The Morgan fingerprint density at radius 2 is 1.70 bits per heavy atom. The molecule has 1 N–H and O–H groups in total. The summed E-state index contributed by atoms with van der Waals surface area (Å²) < 4.78 is 12.1. The number of carbonyl (C=O) groups excluding carboxylic acids is 2. The van der Waals surface area contributed by atoms with Crippen LogP contribution in [0.3, 0.4) is 0 Å². The Hall–Kier alpha value is -3.94. The standard InChI is InChI=1S/C29H22BrClN2O4/c1-19-3-2-4-22(15-19)29(35)37-27-14-9-24(30)16-23(27)17-32-33-28(34)21-7-12-26(13-8-21)36-18-20-5-10-25(31)11-6-20/h2-17H,18H2,1H3,(H,33,34)/b32-17-. The molecule has 186 valence electrons. The first-order valence-electron chi connectivity index (χ1n) is 11.3. The molecule has 4 aromatic rings. The van der Waals surface area contributed by atoms with Crippen LogP contribution in [0.2, 0.25) is 5.02 Å². The Labute approximate surface area is 228 Å². The number of benzene rings is 4. The molecule has 6 nitrogen and oxygen atoms in total. The van der Waals surface area contributed by atoms with Crippen LogP contribution in [0.1, 0.15) is 37.4 Å². The van der Waals surface area contributed by atoms with Crippen LogP contribution >= 0.6 is 27.5 Å². The van der Waals surface area contributed by atoms with Crippen molar-refractivity contribution in [3.05, 3.63) is 128 Å². The minimum absolute atomic E-state index is 0.315. The van der Waals surface area contributed by atoms with E-state index in [-0.39, 0.29) is 0 Å². The number of esters is 1. The number of nitrogens with one attached hydrogen (secondary N) is 1. The first-order valence-corrected chi connectivity index (χ1v) is 12.4. The maximum Gasteiger partial charge on any atom is 0.343 e. The number of hydrogen-bond donors (Lipinski definition) is 1. The molecule has 0 saturated carbocycles. The number of rotatable bonds is 8. The second-order valence-electron chi connectivity index (χ2n) is 8.08. The van der Waals surface area contributed by atoms with Gasteiger partial charge in [-0.15, -0.1) is 0 Å². The van der Waals surface area contributed by atoms with Crippen molar-refractivity contribution in [3.63, 3.8) is 0 Å². The van der Waals surface area contributed by atoms with E-state index in [1.807, 2.05) is 25.1 Å². The van der Waals surface area contributed by atoms with Crippen molar-refractivity contribution in [1.82, 2.24) is 5.43 Å². The van der Waals surface area contributed by atoms with Crippen molar-refractivity contribution in [2.24, 2.45) is 5.10 Å². The van der Waals surface area contributed by atoms with Crippen molar-refractivity contribution in [2.75, 3.05) is 0 Å². The van der Waals surface area contributed by atoms with Crippen LogP contribution in [0.25, 0.3) is 0 Å². The number of ether oxygens (including phenoxy) is 2. The van der Waals surface area contributed by atoms with Crippen LogP contribution in [-0.2, 0) is 6.61 Å². The average Bonchev–Trinajstić information content (AvgIpc) is 2.90. The predicted octanol–water partition coefficient (Wildman–Crippen LogP) is 6.97. The van der Waals surface area contributed by atoms with Gasteiger partial charge in [-0.3, -0.25) is 4.79 Å². The molecule has 0 saturated heterocycles. The number of amides is 1. The summed E-state index contributed by atoms with van der Waals surface area (Å²) >= 11 is 9.30. The zero-order valence-corrected chi connectivity index (χ0v) is 22.1. The van der Waals surface area contributed by atoms with Crippen LogP contribution in [0.15, 0.2) is 101 Å². The van der Waals surface area contributed by atoms with Crippen molar-refractivity contribution >= 4 is 45.6 Å². The van der Waals surface area contributed by atoms with Crippen molar-refractivity contribution < 1.29 is 19.1 Å². The van der Waals surface area contributed by atoms with Crippen LogP contribution in [0, 0.1) is 6.92 Å². The minimum atomic E-state index is -0.483. The van der Waals surface area contributed by atoms with E-state index < -0.39 is 11.9 Å². The maximum absolute atomic E-state index is 12.6. The molecule has 37 heavy (non-hydrogen) atoms. The van der Waals surface area contributed by atoms with Crippen LogP contribution in [0.4, 0.5) is 0 Å². The van der Waals surface area contributed by atoms with Gasteiger partial charge in [0.05, 0.1) is 11.8 Å². The van der Waals surface area contributed by atoms with Gasteiger partial charge in [0, 0.05) is 20.6 Å². The van der Waals surface area contributed by atoms with Gasteiger partial charge in [-0.25, -0.2) is 10.2 Å². The van der Waals surface area contributed by atoms with Gasteiger partial charge in [0.1, 0.15) is 18.1 Å². The zero-order chi connectivity index (χ0) is 26.2. The summed E-state index contributed by atoms with van der Waals surface area (Å²) in [6, 6.07) is 26.4. The number of hydrazone groups is 1. The molecule has 0 aliphatic rings. The number of halogens is 2. The lowest BCUT2D eigenvalue weighted by atomic mass is 10.1. The fourth-order valence-corrected chi connectivity index (χ4v) is 3.82. The number of hydrogen-bond acceptors (Lipinski definition) is 5. The first-order chi connectivity index (χ1) is 17.9. The normalized spacial score (nSPS) is 10.8. The summed E-state index contributed by atoms with van der Waals surface area (Å²) in [4.78, 5) is 25.1. The molecule has 0 spiro atoms. The third kappa shape index (κ3) is 7.52. The highest BCUT2D eigenvalue weighted by atomic mass is 79.9. The van der Waals surface area contributed by atoms with Gasteiger partial charge in [0.2, 0.25) is 0 Å². The molecule has 0 unspecified atom stereocenters. The van der Waals surface area contributed by atoms with E-state index in [4.69, 9.17) is 21.1 Å². The lowest BCUT2D eigenvalue weighted by Gasteiger charge is -2.09. The van der Waals surface area contributed by atoms with Crippen LogP contribution in [0.5, 0.6) is 11.5 Å². The fourth-order valence-electron chi connectivity index (χ4n) is 3.32. The van der Waals surface area contributed by atoms with E-state index >= 15 is 0 Å². The van der Waals surface area contributed by atoms with Gasteiger partial charge < -0.3 is 9.47 Å². The maximum atomic E-state index is 12.6. The summed E-state index contributed by atoms with van der Waals surface area (Å²) in [6.07, 6.45) is 1.42. The van der Waals surface area contributed by atoms with Gasteiger partial charge in [-0.2, -0.15) is 5.10 Å². The third-order valence-corrected chi connectivity index (χ3v) is 5.98. The smallest absolute Gasteiger partial charge is 0.343 e. The van der Waals surface area contributed by atoms with Gasteiger partial charge in [-0.1, -0.05) is 57.4 Å². The SMILES string of the molecule is Cc1cccc(C(=O)Oc2ccc(Br)cc2/C=N\NC(=O)c2ccc(OCc3ccc(Cl)cc3)cc2)c1. The van der Waals surface area contributed by atoms with E-state index in [1.165, 1.54) is 6.21 Å². The Morgan fingerprint density at radius 3 is 2.43 bits per heavy atom. The molecule has 8 heteroatoms. The minimum Gasteiger partial charge on any atom is -0.489 e. The molecular formula is C29H22BrClN2O4. The average molecular weight is 578 g/mol. The zero-order valence-electron chi connectivity index (χ0n) is 19.8. The Bertz CT molecular complexity index is 1440. The highest BCUT2D eigenvalue weighted by molar-refractivity contribution is 9.10. The molecule has 0 aliphatic carbocycles. The second kappa shape index (κ2) is 12.3. The van der Waals surface area contributed by atoms with Gasteiger partial charge >= 0.3 is 5.97 Å². The Morgan fingerprint density at radius 1 is 0.946 bits per heavy atom. The molecule has 4 rings (SSSR count). The van der Waals surface area contributed by atoms with E-state index in [0.717, 1.165) is 15.6 Å². The Balaban J connectivity index is 1.36. The van der Waals surface area contributed by atoms with Crippen molar-refractivity contribution in [2.45, 2.75) is 13.5 Å². The monoisotopic (exact) mass is 576 g/mol. The quantitative estimate of drug-likeness (QED) is 0.106. The predicted molar refractivity (Wildman–Crippen MR) is 148 cm³/mol. The summed E-state index contributed by atoms with van der Waals surface area (Å²) in [5.41, 5.74) is 5.80. The second-order valence-corrected chi connectivity index (χ2v) is 9.43. The molecule has 1 amide bonds. The van der Waals surface area contributed by atoms with E-state index in [9.17, 15) is 9.59 Å². The molecule has 4 aromatic carbocycles. The first kappa shape index (κ1) is 26.1. The topological polar surface area (TPSA) is 77.0 Å². The van der Waals surface area contributed by atoms with E-state index in [1.54, 1.807) is 72.8 Å². The summed E-state index contributed by atoms with van der Waals surface area (Å²) in [7, 11) is 0. The lowest BCUT2D eigenvalue weighted by Crippen LogP contribution is -2.17. The third-order valence-electron chi connectivity index (χ3n) is 5.23. The van der Waals surface area contributed by atoms with Crippen LogP contribution < -0.4 is 14.9 Å². The summed E-state index contributed by atoms with van der Waals surface area (Å²) in [6.45, 7) is 2.29. The molecule has 0 aliphatic heterocycles. The summed E-state index contributed by atoms with van der Waals surface area (Å²) in [5.74, 6) is 0.0657. The molecule has 0 aromatic heterocycles. The number of aryl methyl sites for hydroxylation is 1. The lowest BCUT2D eigenvalue weighted by molar-refractivity contribution is 0.0734. The molecule has 0 atom stereocenters. The van der Waals surface area contributed by atoms with Gasteiger partial charge in [0.15, 0.2) is 0 Å². The van der Waals surface area contributed by atoms with Gasteiger partial charge in [0.25, 0.3) is 5.91 Å². The molecule has 0 heterocycles. The number of carbonyl (C=O) groups is 2. The molecular weight excluding hydrogens is 556 g/mol. The Kier molecular flexibility index (Phi) is 8.72. The summed E-state index contributed by atoms with van der Waals surface area (Å²) in [5, 5.41) is 4.71. The molecule has 0 bridgehead atoms. The largest absolute Gasteiger partial charge is 0.489 e. The van der Waals surface area contributed by atoms with E-state index in [0.29, 0.717) is 39.8 Å². The van der Waals surface area contributed by atoms with Crippen LogP contribution in [-0.4, -0.2) is 18.1 Å². The molecule has 0 fully saturated rings.